The molecule has 7 N–H and O–H groups in total. The Morgan fingerprint density at radius 1 is 1.06 bits per heavy atom. The number of carboxylic acids is 3. The Balaban J connectivity index is 0.000000460. The van der Waals surface area contributed by atoms with Crippen molar-refractivity contribution in [1.82, 2.24) is 15.5 Å². The Morgan fingerprint density at radius 2 is 1.62 bits per heavy atom. The number of nitrogens with zero attached hydrogens (tertiary/aromatic N) is 1. The molecule has 1 heterocycles. The molecule has 10 nitrogen and oxygen atoms in total. The minimum absolute atomic E-state index is 0.218. The highest BCUT2D eigenvalue weighted by molar-refractivity contribution is 5.74. The lowest BCUT2D eigenvalue weighted by Crippen LogP contribution is -2.35. The molecule has 3 atom stereocenters. The summed E-state index contributed by atoms with van der Waals surface area (Å²) >= 11 is 0. The molecule has 0 unspecified atom stereocenters. The predicted molar refractivity (Wildman–Crippen MR) is 123 cm³/mol. The van der Waals surface area contributed by atoms with Crippen LogP contribution in [-0.2, 0) is 20.8 Å². The van der Waals surface area contributed by atoms with Crippen molar-refractivity contribution in [1.29, 1.82) is 0 Å². The lowest BCUT2D eigenvalue weighted by atomic mass is 10.1. The van der Waals surface area contributed by atoms with Gasteiger partial charge in [0.25, 0.3) is 0 Å². The standard InChI is InChI=1S/C10H13NO2.C6H14N2O2.C6H11NO2/c1-11-9(10(12)13)7-8-5-3-2-4-6-8;1-8-5(6(9)10)3-2-4-7;1-7-4-2-3-5(7)6(8)9/h2-6,9,11H,7H2,1H3,(H,12,13);5,8H,2-4,7H2,1H3,(H,9,10);5H,2-4H2,1H3,(H,8,9)/t9-;2*5-/m000/s1. The SMILES string of the molecule is CN1CCC[C@H]1C(=O)O.CN[C@@H](CCCN)C(=O)O.CN[C@@H](Cc1ccccc1)C(=O)O. The molecule has 1 fully saturated rings. The number of likely N-dealkylation sites (tertiary alicyclic amines) is 1. The normalized spacial score (nSPS) is 17.2. The summed E-state index contributed by atoms with van der Waals surface area (Å²) in [6.07, 6.45) is 3.70. The fourth-order valence-corrected chi connectivity index (χ4v) is 3.10. The van der Waals surface area contributed by atoms with Crippen LogP contribution in [0.1, 0.15) is 31.2 Å². The molecule has 0 aliphatic carbocycles. The Hall–Kier alpha value is -2.53. The number of aliphatic carboxylic acids is 3. The molecule has 0 spiro atoms. The highest BCUT2D eigenvalue weighted by Gasteiger charge is 2.26. The van der Waals surface area contributed by atoms with Gasteiger partial charge in [-0.1, -0.05) is 30.3 Å². The number of benzene rings is 1. The van der Waals surface area contributed by atoms with Crippen molar-refractivity contribution in [2.75, 3.05) is 34.2 Å². The molecule has 0 amide bonds. The van der Waals surface area contributed by atoms with Crippen molar-refractivity contribution in [3.63, 3.8) is 0 Å². The molecule has 1 aliphatic heterocycles. The largest absolute Gasteiger partial charge is 0.480 e. The first-order valence-electron chi connectivity index (χ1n) is 10.6. The molecule has 0 aromatic heterocycles. The van der Waals surface area contributed by atoms with Gasteiger partial charge < -0.3 is 31.7 Å². The van der Waals surface area contributed by atoms with E-state index in [0.29, 0.717) is 19.4 Å². The van der Waals surface area contributed by atoms with E-state index in [1.54, 1.807) is 14.1 Å². The number of hydrogen-bond donors (Lipinski definition) is 6. The highest BCUT2D eigenvalue weighted by atomic mass is 16.4. The van der Waals surface area contributed by atoms with Crippen LogP contribution in [0.25, 0.3) is 0 Å². The number of likely N-dealkylation sites (N-methyl/N-ethyl adjacent to an activating group) is 3. The monoisotopic (exact) mass is 454 g/mol. The highest BCUT2D eigenvalue weighted by Crippen LogP contribution is 2.13. The van der Waals surface area contributed by atoms with Crippen molar-refractivity contribution < 1.29 is 29.7 Å². The van der Waals surface area contributed by atoms with E-state index >= 15 is 0 Å². The number of nitrogens with two attached hydrogens (primary N) is 1. The maximum absolute atomic E-state index is 10.7. The molecule has 1 aromatic rings. The Morgan fingerprint density at radius 3 is 1.97 bits per heavy atom. The van der Waals surface area contributed by atoms with E-state index in [2.05, 4.69) is 10.6 Å². The van der Waals surface area contributed by atoms with E-state index in [4.69, 9.17) is 21.1 Å². The first-order valence-corrected chi connectivity index (χ1v) is 10.6. The number of hydrogen-bond acceptors (Lipinski definition) is 7. The molecule has 1 aliphatic rings. The fourth-order valence-electron chi connectivity index (χ4n) is 3.10. The van der Waals surface area contributed by atoms with E-state index in [-0.39, 0.29) is 6.04 Å². The van der Waals surface area contributed by atoms with Crippen LogP contribution >= 0.6 is 0 Å². The van der Waals surface area contributed by atoms with Gasteiger partial charge >= 0.3 is 17.9 Å². The minimum Gasteiger partial charge on any atom is -0.480 e. The van der Waals surface area contributed by atoms with Crippen LogP contribution in [0.4, 0.5) is 0 Å². The van der Waals surface area contributed by atoms with Gasteiger partial charge in [0.05, 0.1) is 0 Å². The van der Waals surface area contributed by atoms with Gasteiger partial charge in [0.15, 0.2) is 0 Å². The average molecular weight is 455 g/mol. The van der Waals surface area contributed by atoms with Crippen molar-refractivity contribution in [2.24, 2.45) is 5.73 Å². The van der Waals surface area contributed by atoms with Gasteiger partial charge in [-0.3, -0.25) is 19.3 Å². The van der Waals surface area contributed by atoms with Crippen molar-refractivity contribution in [3.05, 3.63) is 35.9 Å². The second-order valence-corrected chi connectivity index (χ2v) is 7.46. The van der Waals surface area contributed by atoms with Crippen LogP contribution in [-0.4, -0.2) is 90.5 Å². The molecule has 10 heteroatoms. The molecular weight excluding hydrogens is 416 g/mol. The summed E-state index contributed by atoms with van der Waals surface area (Å²) in [6, 6.07) is 8.42. The van der Waals surface area contributed by atoms with Crippen molar-refractivity contribution >= 4 is 17.9 Å². The number of carbonyl (C=O) groups is 3. The zero-order chi connectivity index (χ0) is 24.5. The maximum atomic E-state index is 10.7. The summed E-state index contributed by atoms with van der Waals surface area (Å²) in [6.45, 7) is 1.47. The lowest BCUT2D eigenvalue weighted by Gasteiger charge is -2.13. The van der Waals surface area contributed by atoms with Gasteiger partial charge in [0.1, 0.15) is 18.1 Å². The molecule has 0 bridgehead atoms. The van der Waals surface area contributed by atoms with Crippen LogP contribution in [0.15, 0.2) is 30.3 Å². The van der Waals surface area contributed by atoms with E-state index in [0.717, 1.165) is 31.4 Å². The molecule has 1 saturated heterocycles. The quantitative estimate of drug-likeness (QED) is 0.292. The molecule has 1 aromatic carbocycles. The second kappa shape index (κ2) is 17.1. The Labute approximate surface area is 189 Å². The third kappa shape index (κ3) is 12.4. The smallest absolute Gasteiger partial charge is 0.321 e. The summed E-state index contributed by atoms with van der Waals surface area (Å²) in [7, 11) is 5.14. The van der Waals surface area contributed by atoms with Crippen LogP contribution in [0.2, 0.25) is 0 Å². The van der Waals surface area contributed by atoms with E-state index in [9.17, 15) is 14.4 Å². The van der Waals surface area contributed by atoms with Gasteiger partial charge in [-0.15, -0.1) is 0 Å². The van der Waals surface area contributed by atoms with Gasteiger partial charge in [-0.25, -0.2) is 0 Å². The third-order valence-corrected chi connectivity index (χ3v) is 5.08. The Kier molecular flexibility index (Phi) is 15.7. The van der Waals surface area contributed by atoms with Crippen LogP contribution in [0.5, 0.6) is 0 Å². The van der Waals surface area contributed by atoms with Crippen molar-refractivity contribution in [2.45, 2.75) is 50.2 Å². The van der Waals surface area contributed by atoms with Crippen LogP contribution in [0.3, 0.4) is 0 Å². The summed E-state index contributed by atoms with van der Waals surface area (Å²) in [4.78, 5) is 33.3. The van der Waals surface area contributed by atoms with Gasteiger partial charge in [-0.2, -0.15) is 0 Å². The molecule has 2 rings (SSSR count). The molecule has 32 heavy (non-hydrogen) atoms. The second-order valence-electron chi connectivity index (χ2n) is 7.46. The molecular formula is C22H38N4O6. The van der Waals surface area contributed by atoms with Gasteiger partial charge in [-0.05, 0) is 71.9 Å². The average Bonchev–Trinajstić information content (AvgIpc) is 3.20. The van der Waals surface area contributed by atoms with E-state index < -0.39 is 30.0 Å². The Bertz CT molecular complexity index is 674. The summed E-state index contributed by atoms with van der Waals surface area (Å²) in [5, 5.41) is 31.2. The first kappa shape index (κ1) is 29.5. The van der Waals surface area contributed by atoms with Crippen LogP contribution in [0, 0.1) is 0 Å². The van der Waals surface area contributed by atoms with E-state index in [1.165, 1.54) is 0 Å². The first-order chi connectivity index (χ1) is 15.2. The zero-order valence-corrected chi connectivity index (χ0v) is 19.2. The third-order valence-electron chi connectivity index (χ3n) is 5.08. The van der Waals surface area contributed by atoms with E-state index in [1.807, 2.05) is 42.3 Å². The molecule has 182 valence electrons. The lowest BCUT2D eigenvalue weighted by molar-refractivity contribution is -0.142. The maximum Gasteiger partial charge on any atom is 0.321 e. The topological polar surface area (TPSA) is 165 Å². The predicted octanol–water partition coefficient (Wildman–Crippen LogP) is 0.465. The number of carboxylic acid groups (broad SMARTS) is 3. The summed E-state index contributed by atoms with van der Waals surface area (Å²) in [5.74, 6) is -2.31. The fraction of sp³-hybridized carbons (Fsp3) is 0.591. The summed E-state index contributed by atoms with van der Waals surface area (Å²) in [5.41, 5.74) is 6.24. The number of rotatable bonds is 10. The number of nitrogens with one attached hydrogen (secondary N) is 2. The molecule has 0 saturated carbocycles. The van der Waals surface area contributed by atoms with Crippen molar-refractivity contribution in [3.8, 4) is 0 Å². The summed E-state index contributed by atoms with van der Waals surface area (Å²) < 4.78 is 0. The zero-order valence-electron chi connectivity index (χ0n) is 19.2. The van der Waals surface area contributed by atoms with Crippen LogP contribution < -0.4 is 16.4 Å². The minimum atomic E-state index is -0.814. The van der Waals surface area contributed by atoms with Gasteiger partial charge in [0.2, 0.25) is 0 Å². The van der Waals surface area contributed by atoms with Gasteiger partial charge in [0, 0.05) is 0 Å². The molecule has 0 radical (unpaired) electrons.